The highest BCUT2D eigenvalue weighted by atomic mass is 16.3. The average Bonchev–Trinajstić information content (AvgIpc) is 2.38. The average molecular weight is 239 g/mol. The number of carbonyl (C=O) groups excluding carboxylic acids is 1. The van der Waals surface area contributed by atoms with Crippen molar-refractivity contribution in [2.24, 2.45) is 0 Å². The molecule has 0 unspecified atom stereocenters. The number of carbonyl (C=O) groups is 1. The molecular weight excluding hydrogens is 230 g/mol. The summed E-state index contributed by atoms with van der Waals surface area (Å²) in [5.41, 5.74) is 0.155. The van der Waals surface area contributed by atoms with Gasteiger partial charge in [0.2, 0.25) is 5.78 Å². The van der Waals surface area contributed by atoms with Crippen LogP contribution in [-0.2, 0) is 0 Å². The number of hydrogen-bond donors (Lipinski definition) is 2. The van der Waals surface area contributed by atoms with Gasteiger partial charge in [-0.05, 0) is 24.3 Å². The van der Waals surface area contributed by atoms with Gasteiger partial charge < -0.3 is 10.2 Å². The van der Waals surface area contributed by atoms with Gasteiger partial charge in [0.1, 0.15) is 17.1 Å². The summed E-state index contributed by atoms with van der Waals surface area (Å²) >= 11 is 0. The summed E-state index contributed by atoms with van der Waals surface area (Å²) in [7, 11) is 0. The molecular formula is C14H9NO3. The lowest BCUT2D eigenvalue weighted by atomic mass is 9.98. The van der Waals surface area contributed by atoms with Crippen molar-refractivity contribution in [2.45, 2.75) is 0 Å². The molecule has 18 heavy (non-hydrogen) atoms. The van der Waals surface area contributed by atoms with Crippen molar-refractivity contribution in [1.82, 2.24) is 0 Å². The van der Waals surface area contributed by atoms with Gasteiger partial charge in [-0.2, -0.15) is 5.26 Å². The molecule has 0 saturated carbocycles. The van der Waals surface area contributed by atoms with Crippen LogP contribution in [0, 0.1) is 11.3 Å². The zero-order valence-corrected chi connectivity index (χ0v) is 9.29. The Morgan fingerprint density at radius 1 is 1.00 bits per heavy atom. The lowest BCUT2D eigenvalue weighted by Gasteiger charge is -2.07. The number of phenolic OH excluding ortho intramolecular Hbond substituents is 2. The molecule has 0 saturated heterocycles. The van der Waals surface area contributed by atoms with Crippen LogP contribution < -0.4 is 0 Å². The number of phenols is 2. The Balaban J connectivity index is 2.60. The first kappa shape index (κ1) is 11.7. The minimum atomic E-state index is -0.581. The van der Waals surface area contributed by atoms with Crippen molar-refractivity contribution in [3.05, 3.63) is 59.2 Å². The zero-order chi connectivity index (χ0) is 13.1. The molecule has 4 nitrogen and oxygen atoms in total. The van der Waals surface area contributed by atoms with Crippen LogP contribution in [0.3, 0.4) is 0 Å². The maximum absolute atomic E-state index is 12.2. The number of aromatic hydroxyl groups is 2. The van der Waals surface area contributed by atoms with E-state index >= 15 is 0 Å². The number of hydrogen-bond acceptors (Lipinski definition) is 4. The first-order valence-corrected chi connectivity index (χ1v) is 5.20. The molecule has 0 spiro atoms. The summed E-state index contributed by atoms with van der Waals surface area (Å²) in [6, 6.07) is 12.2. The van der Waals surface area contributed by atoms with Crippen molar-refractivity contribution < 1.29 is 15.0 Å². The quantitative estimate of drug-likeness (QED) is 0.787. The smallest absolute Gasteiger partial charge is 0.201 e. The molecule has 0 aliphatic carbocycles. The van der Waals surface area contributed by atoms with E-state index in [9.17, 15) is 15.0 Å². The van der Waals surface area contributed by atoms with Gasteiger partial charge in [0, 0.05) is 5.56 Å². The summed E-state index contributed by atoms with van der Waals surface area (Å²) in [6.07, 6.45) is 0. The highest BCUT2D eigenvalue weighted by Crippen LogP contribution is 2.29. The third-order valence-corrected chi connectivity index (χ3v) is 2.54. The molecule has 4 heteroatoms. The first-order chi connectivity index (χ1) is 8.65. The van der Waals surface area contributed by atoms with Gasteiger partial charge in [-0.1, -0.05) is 18.2 Å². The fourth-order valence-corrected chi connectivity index (χ4v) is 1.67. The third-order valence-electron chi connectivity index (χ3n) is 2.54. The Hall–Kier alpha value is -2.80. The topological polar surface area (TPSA) is 81.3 Å². The molecule has 88 valence electrons. The van der Waals surface area contributed by atoms with Crippen molar-refractivity contribution in [3.63, 3.8) is 0 Å². The Bertz CT molecular complexity index is 636. The van der Waals surface area contributed by atoms with E-state index in [1.54, 1.807) is 12.1 Å². The highest BCUT2D eigenvalue weighted by Gasteiger charge is 2.20. The van der Waals surface area contributed by atoms with E-state index in [2.05, 4.69) is 0 Å². The summed E-state index contributed by atoms with van der Waals surface area (Å²) in [5, 5.41) is 28.2. The second-order valence-electron chi connectivity index (χ2n) is 3.66. The predicted octanol–water partition coefficient (Wildman–Crippen LogP) is 2.20. The van der Waals surface area contributed by atoms with E-state index in [1.807, 2.05) is 6.07 Å². The zero-order valence-electron chi connectivity index (χ0n) is 9.29. The molecule has 2 aromatic rings. The standard InChI is InChI=1S/C14H9NO3/c15-8-9-4-1-2-5-10(9)14(18)13-11(16)6-3-7-12(13)17/h1-7,16-17H. The molecule has 0 aliphatic rings. The summed E-state index contributed by atoms with van der Waals surface area (Å²) in [5.74, 6) is -1.21. The maximum Gasteiger partial charge on any atom is 0.201 e. The van der Waals surface area contributed by atoms with E-state index in [-0.39, 0.29) is 28.2 Å². The van der Waals surface area contributed by atoms with Crippen LogP contribution in [0.5, 0.6) is 11.5 Å². The molecule has 0 atom stereocenters. The van der Waals surface area contributed by atoms with Gasteiger partial charge in [0.25, 0.3) is 0 Å². The van der Waals surface area contributed by atoms with E-state index in [4.69, 9.17) is 5.26 Å². The van der Waals surface area contributed by atoms with Crippen molar-refractivity contribution in [1.29, 1.82) is 5.26 Å². The lowest BCUT2D eigenvalue weighted by Crippen LogP contribution is -2.04. The molecule has 0 amide bonds. The van der Waals surface area contributed by atoms with Crippen LogP contribution in [0.15, 0.2) is 42.5 Å². The highest BCUT2D eigenvalue weighted by molar-refractivity contribution is 6.13. The van der Waals surface area contributed by atoms with Crippen molar-refractivity contribution in [3.8, 4) is 17.6 Å². The molecule has 0 aromatic heterocycles. The number of benzene rings is 2. The van der Waals surface area contributed by atoms with E-state index in [1.165, 1.54) is 30.3 Å². The normalized spacial score (nSPS) is 9.72. The minimum absolute atomic E-state index is 0.150. The first-order valence-electron chi connectivity index (χ1n) is 5.20. The third kappa shape index (κ3) is 1.89. The molecule has 0 aliphatic heterocycles. The van der Waals surface area contributed by atoms with Crippen molar-refractivity contribution >= 4 is 5.78 Å². The van der Waals surface area contributed by atoms with Crippen LogP contribution in [0.1, 0.15) is 21.5 Å². The Kier molecular flexibility index (Phi) is 2.98. The predicted molar refractivity (Wildman–Crippen MR) is 64.4 cm³/mol. The number of rotatable bonds is 2. The molecule has 0 radical (unpaired) electrons. The van der Waals surface area contributed by atoms with Gasteiger partial charge in [-0.3, -0.25) is 4.79 Å². The number of ketones is 1. The molecule has 0 fully saturated rings. The van der Waals surface area contributed by atoms with Crippen molar-refractivity contribution in [2.75, 3.05) is 0 Å². The minimum Gasteiger partial charge on any atom is -0.507 e. The molecule has 2 aromatic carbocycles. The van der Waals surface area contributed by atoms with Crippen LogP contribution in [0.4, 0.5) is 0 Å². The lowest BCUT2D eigenvalue weighted by molar-refractivity contribution is 0.103. The molecule has 0 heterocycles. The SMILES string of the molecule is N#Cc1ccccc1C(=O)c1c(O)cccc1O. The van der Waals surface area contributed by atoms with Gasteiger partial charge in [-0.25, -0.2) is 0 Å². The van der Waals surface area contributed by atoms with E-state index in [0.717, 1.165) is 0 Å². The Morgan fingerprint density at radius 3 is 2.22 bits per heavy atom. The van der Waals surface area contributed by atoms with E-state index < -0.39 is 5.78 Å². The monoisotopic (exact) mass is 239 g/mol. The van der Waals surface area contributed by atoms with Crippen LogP contribution >= 0.6 is 0 Å². The van der Waals surface area contributed by atoms with Gasteiger partial charge >= 0.3 is 0 Å². The van der Waals surface area contributed by atoms with Crippen LogP contribution in [-0.4, -0.2) is 16.0 Å². The summed E-state index contributed by atoms with van der Waals surface area (Å²) in [4.78, 5) is 12.2. The molecule has 2 N–H and O–H groups in total. The fraction of sp³-hybridized carbons (Fsp3) is 0. The summed E-state index contributed by atoms with van der Waals surface area (Å²) in [6.45, 7) is 0. The second-order valence-corrected chi connectivity index (χ2v) is 3.66. The Labute approximate surface area is 103 Å². The molecule has 0 bridgehead atoms. The van der Waals surface area contributed by atoms with Gasteiger partial charge in [-0.15, -0.1) is 0 Å². The van der Waals surface area contributed by atoms with Crippen LogP contribution in [0.25, 0.3) is 0 Å². The fourth-order valence-electron chi connectivity index (χ4n) is 1.67. The van der Waals surface area contributed by atoms with Gasteiger partial charge in [0.15, 0.2) is 0 Å². The second kappa shape index (κ2) is 4.60. The summed E-state index contributed by atoms with van der Waals surface area (Å²) < 4.78 is 0. The molecule has 2 rings (SSSR count). The van der Waals surface area contributed by atoms with Crippen LogP contribution in [0.2, 0.25) is 0 Å². The Morgan fingerprint density at radius 2 is 1.61 bits per heavy atom. The van der Waals surface area contributed by atoms with E-state index in [0.29, 0.717) is 0 Å². The number of nitriles is 1. The largest absolute Gasteiger partial charge is 0.507 e. The van der Waals surface area contributed by atoms with Gasteiger partial charge in [0.05, 0.1) is 11.6 Å². The number of nitrogens with zero attached hydrogens (tertiary/aromatic N) is 1. The maximum atomic E-state index is 12.2.